The average molecular weight is 321 g/mol. The van der Waals surface area contributed by atoms with Crippen molar-refractivity contribution in [2.75, 3.05) is 34.1 Å². The number of nitrogens with zero attached hydrogens (tertiary/aromatic N) is 3. The lowest BCUT2D eigenvalue weighted by Crippen LogP contribution is -2.37. The van der Waals surface area contributed by atoms with Crippen molar-refractivity contribution in [3.05, 3.63) is 12.3 Å². The number of carbonyl (C=O) groups excluding carboxylic acids is 3. The van der Waals surface area contributed by atoms with Gasteiger partial charge >= 0.3 is 6.09 Å². The average Bonchev–Trinajstić information content (AvgIpc) is 2.45. The van der Waals surface area contributed by atoms with E-state index in [0.29, 0.717) is 4.90 Å². The Morgan fingerprint density at radius 3 is 2.29 bits per heavy atom. The summed E-state index contributed by atoms with van der Waals surface area (Å²) in [4.78, 5) is 45.5. The van der Waals surface area contributed by atoms with Gasteiger partial charge in [0.2, 0.25) is 5.91 Å². The number of alkyl halides is 1. The molecule has 10 heteroatoms. The van der Waals surface area contributed by atoms with E-state index in [1.165, 1.54) is 26.1 Å². The number of carbonyl (C=O) groups is 3. The van der Waals surface area contributed by atoms with Crippen LogP contribution in [0.4, 0.5) is 4.79 Å². The molecule has 0 aromatic heterocycles. The Kier molecular flexibility index (Phi) is 8.02. The maximum atomic E-state index is 11.9. The zero-order valence-electron chi connectivity index (χ0n) is 12.2. The third kappa shape index (κ3) is 5.79. The maximum absolute atomic E-state index is 11.9. The van der Waals surface area contributed by atoms with E-state index in [9.17, 15) is 14.4 Å². The van der Waals surface area contributed by atoms with Crippen LogP contribution >= 0.6 is 11.6 Å². The second-order valence-corrected chi connectivity index (χ2v) is 4.14. The molecule has 0 atom stereocenters. The van der Waals surface area contributed by atoms with Crippen molar-refractivity contribution in [2.24, 2.45) is 5.16 Å². The van der Waals surface area contributed by atoms with Gasteiger partial charge in [0, 0.05) is 21.1 Å². The van der Waals surface area contributed by atoms with E-state index < -0.39 is 23.8 Å². The minimum Gasteiger partial charge on any atom is -0.343 e. The molecule has 0 aliphatic heterocycles. The Balaban J connectivity index is 5.09. The van der Waals surface area contributed by atoms with Gasteiger partial charge in [-0.25, -0.2) is 9.69 Å². The number of hydrogen-bond donors (Lipinski definition) is 1. The molecule has 0 rings (SSSR count). The zero-order chi connectivity index (χ0) is 16.6. The Morgan fingerprint density at radius 1 is 1.29 bits per heavy atom. The van der Waals surface area contributed by atoms with E-state index >= 15 is 0 Å². The van der Waals surface area contributed by atoms with Gasteiger partial charge in [-0.2, -0.15) is 0 Å². The second-order valence-electron chi connectivity index (χ2n) is 3.87. The summed E-state index contributed by atoms with van der Waals surface area (Å²) in [6, 6.07) is 0. The summed E-state index contributed by atoms with van der Waals surface area (Å²) in [6.07, 6.45) is -1.09. The van der Waals surface area contributed by atoms with Crippen molar-refractivity contribution in [2.45, 2.75) is 0 Å². The third-order valence-electron chi connectivity index (χ3n) is 2.10. The summed E-state index contributed by atoms with van der Waals surface area (Å²) in [5, 5.41) is 3.40. The summed E-state index contributed by atoms with van der Waals surface area (Å²) in [5.41, 5.74) is 1.99. The van der Waals surface area contributed by atoms with Crippen molar-refractivity contribution in [3.63, 3.8) is 0 Å². The fourth-order valence-corrected chi connectivity index (χ4v) is 1.12. The highest BCUT2D eigenvalue weighted by atomic mass is 35.5. The molecule has 1 N–H and O–H groups in total. The van der Waals surface area contributed by atoms with Crippen LogP contribution in [0.15, 0.2) is 17.4 Å². The first-order valence-electron chi connectivity index (χ1n) is 5.57. The molecule has 0 fully saturated rings. The van der Waals surface area contributed by atoms with Crippen LogP contribution in [-0.4, -0.2) is 67.6 Å². The van der Waals surface area contributed by atoms with E-state index in [2.05, 4.69) is 26.9 Å². The minimum atomic E-state index is -1.09. The van der Waals surface area contributed by atoms with Crippen LogP contribution in [0.3, 0.4) is 0 Å². The van der Waals surface area contributed by atoms with Crippen LogP contribution < -0.4 is 5.48 Å². The van der Waals surface area contributed by atoms with Gasteiger partial charge in [-0.1, -0.05) is 11.7 Å². The quantitative estimate of drug-likeness (QED) is 0.318. The molecule has 0 bridgehead atoms. The summed E-state index contributed by atoms with van der Waals surface area (Å²) >= 11 is 5.30. The molecule has 0 saturated carbocycles. The number of imide groups is 1. The van der Waals surface area contributed by atoms with Gasteiger partial charge in [-0.3, -0.25) is 24.7 Å². The number of hydroxylamine groups is 1. The molecule has 0 aliphatic carbocycles. The summed E-state index contributed by atoms with van der Waals surface area (Å²) in [7, 11) is 5.42. The third-order valence-corrected chi connectivity index (χ3v) is 2.33. The number of halogens is 1. The van der Waals surface area contributed by atoms with Crippen LogP contribution in [0.25, 0.3) is 0 Å². The molecular weight excluding hydrogens is 304 g/mol. The van der Waals surface area contributed by atoms with Crippen molar-refractivity contribution >= 4 is 35.2 Å². The molecule has 0 unspecified atom stereocenters. The Hall–Kier alpha value is -2.13. The van der Waals surface area contributed by atoms with Gasteiger partial charge in [0.1, 0.15) is 5.88 Å². The number of nitrogens with one attached hydrogen (secondary N) is 1. The van der Waals surface area contributed by atoms with Crippen LogP contribution in [-0.2, 0) is 19.3 Å². The van der Waals surface area contributed by atoms with Gasteiger partial charge < -0.3 is 4.90 Å². The van der Waals surface area contributed by atoms with Gasteiger partial charge in [-0.05, 0) is 0 Å². The number of amides is 3. The SMILES string of the molecule is C=C(NOC)C(=NOC(=O)N(C)C(=O)CCl)C(=O)N(C)C. The van der Waals surface area contributed by atoms with E-state index in [4.69, 9.17) is 11.6 Å². The largest absolute Gasteiger partial charge is 0.442 e. The number of rotatable bonds is 6. The van der Waals surface area contributed by atoms with Crippen molar-refractivity contribution in [1.82, 2.24) is 15.3 Å². The van der Waals surface area contributed by atoms with Crippen LogP contribution in [0.2, 0.25) is 0 Å². The summed E-state index contributed by atoms with van der Waals surface area (Å²) in [6.45, 7) is 3.51. The van der Waals surface area contributed by atoms with Crippen molar-refractivity contribution < 1.29 is 24.1 Å². The Labute approximate surface area is 127 Å². The van der Waals surface area contributed by atoms with Gasteiger partial charge in [0.25, 0.3) is 5.91 Å². The molecule has 0 heterocycles. The highest BCUT2D eigenvalue weighted by molar-refractivity contribution is 6.44. The van der Waals surface area contributed by atoms with Crippen LogP contribution in [0, 0.1) is 0 Å². The summed E-state index contributed by atoms with van der Waals surface area (Å²) < 4.78 is 0. The van der Waals surface area contributed by atoms with E-state index in [-0.39, 0.29) is 11.4 Å². The number of oxime groups is 1. The molecule has 9 nitrogen and oxygen atoms in total. The molecule has 118 valence electrons. The van der Waals surface area contributed by atoms with Crippen LogP contribution in [0.5, 0.6) is 0 Å². The molecule has 0 aromatic carbocycles. The fraction of sp³-hybridized carbons (Fsp3) is 0.455. The van der Waals surface area contributed by atoms with E-state index in [1.54, 1.807) is 0 Å². The van der Waals surface area contributed by atoms with Crippen LogP contribution in [0.1, 0.15) is 0 Å². The first-order valence-corrected chi connectivity index (χ1v) is 6.11. The van der Waals surface area contributed by atoms with Gasteiger partial charge in [-0.15, -0.1) is 11.6 Å². The van der Waals surface area contributed by atoms with Gasteiger partial charge in [0.15, 0.2) is 5.71 Å². The predicted octanol–water partition coefficient (Wildman–Crippen LogP) is -0.0709. The standard InChI is InChI=1S/C11H17ClN4O5/c1-7(13-20-5)9(10(18)15(2)3)14-21-11(19)16(4)8(17)6-12/h13H,1,6H2,2-5H3. The maximum Gasteiger partial charge on any atom is 0.442 e. The fourth-order valence-electron chi connectivity index (χ4n) is 0.944. The highest BCUT2D eigenvalue weighted by Gasteiger charge is 2.22. The van der Waals surface area contributed by atoms with Crippen molar-refractivity contribution in [3.8, 4) is 0 Å². The first-order chi connectivity index (χ1) is 9.76. The topological polar surface area (TPSA) is 101 Å². The minimum absolute atomic E-state index is 0.0182. The lowest BCUT2D eigenvalue weighted by Gasteiger charge is -2.15. The van der Waals surface area contributed by atoms with Gasteiger partial charge in [0.05, 0.1) is 12.8 Å². The summed E-state index contributed by atoms with van der Waals surface area (Å²) in [5.74, 6) is -1.65. The predicted molar refractivity (Wildman–Crippen MR) is 75.4 cm³/mol. The number of hydrogen-bond acceptors (Lipinski definition) is 7. The zero-order valence-corrected chi connectivity index (χ0v) is 12.9. The second kappa shape index (κ2) is 8.93. The first kappa shape index (κ1) is 18.9. The highest BCUT2D eigenvalue weighted by Crippen LogP contribution is 2.00. The lowest BCUT2D eigenvalue weighted by atomic mass is 10.3. The van der Waals surface area contributed by atoms with E-state index in [1.807, 2.05) is 0 Å². The molecule has 0 spiro atoms. The monoisotopic (exact) mass is 320 g/mol. The Morgan fingerprint density at radius 2 is 1.86 bits per heavy atom. The molecule has 3 amide bonds. The molecule has 0 aliphatic rings. The smallest absolute Gasteiger partial charge is 0.343 e. The molecule has 0 saturated heterocycles. The Bertz CT molecular complexity index is 464. The van der Waals surface area contributed by atoms with Crippen molar-refractivity contribution in [1.29, 1.82) is 0 Å². The van der Waals surface area contributed by atoms with E-state index in [0.717, 1.165) is 7.05 Å². The molecule has 0 aromatic rings. The molecular formula is C11H17ClN4O5. The molecule has 0 radical (unpaired) electrons. The molecule has 21 heavy (non-hydrogen) atoms. The normalized spacial score (nSPS) is 10.6. The lowest BCUT2D eigenvalue weighted by molar-refractivity contribution is -0.125.